The number of hydrogen-bond donors (Lipinski definition) is 1. The summed E-state index contributed by atoms with van der Waals surface area (Å²) in [5, 5.41) is 0.875. The average molecular weight is 205 g/mol. The number of aromatic amines is 1. The lowest BCUT2D eigenvalue weighted by atomic mass is 10.1. The van der Waals surface area contributed by atoms with Crippen LogP contribution in [0.2, 0.25) is 0 Å². The SMILES string of the molecule is COC(=O)c1ccc(OC)c2cc[nH]c12. The Morgan fingerprint density at radius 3 is 2.73 bits per heavy atom. The van der Waals surface area contributed by atoms with Crippen LogP contribution >= 0.6 is 0 Å². The Balaban J connectivity index is 2.68. The Bertz CT molecular complexity index is 502. The maximum atomic E-state index is 11.4. The van der Waals surface area contributed by atoms with Crippen LogP contribution in [0.4, 0.5) is 0 Å². The van der Waals surface area contributed by atoms with Crippen LogP contribution in [0.3, 0.4) is 0 Å². The minimum atomic E-state index is -0.356. The van der Waals surface area contributed by atoms with Crippen LogP contribution in [0.15, 0.2) is 24.4 Å². The molecule has 2 rings (SSSR count). The van der Waals surface area contributed by atoms with E-state index in [9.17, 15) is 4.79 Å². The predicted molar refractivity (Wildman–Crippen MR) is 56.2 cm³/mol. The summed E-state index contributed by atoms with van der Waals surface area (Å²) in [5.41, 5.74) is 1.25. The summed E-state index contributed by atoms with van der Waals surface area (Å²) < 4.78 is 9.87. The molecule has 2 aromatic rings. The lowest BCUT2D eigenvalue weighted by molar-refractivity contribution is 0.0603. The van der Waals surface area contributed by atoms with Crippen LogP contribution < -0.4 is 4.74 Å². The number of fused-ring (bicyclic) bond motifs is 1. The highest BCUT2D eigenvalue weighted by Crippen LogP contribution is 2.27. The Labute approximate surface area is 86.8 Å². The summed E-state index contributed by atoms with van der Waals surface area (Å²) in [6, 6.07) is 5.30. The van der Waals surface area contributed by atoms with Crippen LogP contribution in [-0.4, -0.2) is 25.2 Å². The first-order chi connectivity index (χ1) is 7.27. The van der Waals surface area contributed by atoms with Gasteiger partial charge in [-0.05, 0) is 18.2 Å². The number of aromatic nitrogens is 1. The van der Waals surface area contributed by atoms with E-state index in [1.54, 1.807) is 25.4 Å². The summed E-state index contributed by atoms with van der Waals surface area (Å²) in [7, 11) is 2.96. The molecule has 1 heterocycles. The lowest BCUT2D eigenvalue weighted by Gasteiger charge is -2.05. The Kier molecular flexibility index (Phi) is 2.33. The minimum absolute atomic E-state index is 0.356. The monoisotopic (exact) mass is 205 g/mol. The number of rotatable bonds is 2. The number of carbonyl (C=O) groups excluding carboxylic acids is 1. The molecule has 0 bridgehead atoms. The molecule has 0 unspecified atom stereocenters. The number of hydrogen-bond acceptors (Lipinski definition) is 3. The number of methoxy groups -OCH3 is 2. The number of esters is 1. The van der Waals surface area contributed by atoms with Gasteiger partial charge in [-0.25, -0.2) is 4.79 Å². The van der Waals surface area contributed by atoms with Crippen LogP contribution in [0, 0.1) is 0 Å². The molecule has 0 aliphatic carbocycles. The number of H-pyrrole nitrogens is 1. The van der Waals surface area contributed by atoms with Gasteiger partial charge >= 0.3 is 5.97 Å². The second kappa shape index (κ2) is 3.65. The van der Waals surface area contributed by atoms with Crippen LogP contribution in [0.5, 0.6) is 5.75 Å². The molecular formula is C11H11NO3. The fourth-order valence-corrected chi connectivity index (χ4v) is 1.59. The van der Waals surface area contributed by atoms with Gasteiger partial charge in [0.25, 0.3) is 0 Å². The van der Waals surface area contributed by atoms with E-state index in [1.807, 2.05) is 6.07 Å². The molecule has 4 heteroatoms. The van der Waals surface area contributed by atoms with Gasteiger partial charge in [-0.1, -0.05) is 0 Å². The van der Waals surface area contributed by atoms with Gasteiger partial charge in [0, 0.05) is 11.6 Å². The quantitative estimate of drug-likeness (QED) is 0.762. The molecule has 1 aromatic carbocycles. The fraction of sp³-hybridized carbons (Fsp3) is 0.182. The third-order valence-corrected chi connectivity index (χ3v) is 2.31. The van der Waals surface area contributed by atoms with E-state index in [4.69, 9.17) is 4.74 Å². The van der Waals surface area contributed by atoms with Gasteiger partial charge in [-0.3, -0.25) is 0 Å². The van der Waals surface area contributed by atoms with E-state index >= 15 is 0 Å². The van der Waals surface area contributed by atoms with Crippen molar-refractivity contribution in [2.45, 2.75) is 0 Å². The van der Waals surface area contributed by atoms with Gasteiger partial charge in [0.05, 0.1) is 25.3 Å². The van der Waals surface area contributed by atoms with E-state index < -0.39 is 0 Å². The van der Waals surface area contributed by atoms with Gasteiger partial charge < -0.3 is 14.5 Å². The molecule has 1 aromatic heterocycles. The van der Waals surface area contributed by atoms with Gasteiger partial charge in [0.1, 0.15) is 5.75 Å². The molecule has 0 radical (unpaired) electrons. The van der Waals surface area contributed by atoms with Crippen molar-refractivity contribution in [1.29, 1.82) is 0 Å². The summed E-state index contributed by atoms with van der Waals surface area (Å²) in [6.07, 6.45) is 1.76. The molecule has 4 nitrogen and oxygen atoms in total. The molecule has 0 spiro atoms. The zero-order chi connectivity index (χ0) is 10.8. The number of ether oxygens (including phenoxy) is 2. The first kappa shape index (κ1) is 9.58. The molecule has 15 heavy (non-hydrogen) atoms. The van der Waals surface area contributed by atoms with Crippen LogP contribution in [-0.2, 0) is 4.74 Å². The van der Waals surface area contributed by atoms with Crippen LogP contribution in [0.25, 0.3) is 10.9 Å². The standard InChI is InChI=1S/C11H11NO3/c1-14-9-4-3-8(11(13)15-2)10-7(9)5-6-12-10/h3-6,12H,1-2H3. The van der Waals surface area contributed by atoms with E-state index in [0.29, 0.717) is 5.56 Å². The first-order valence-electron chi connectivity index (χ1n) is 4.50. The second-order valence-corrected chi connectivity index (χ2v) is 3.07. The lowest BCUT2D eigenvalue weighted by Crippen LogP contribution is -2.02. The van der Waals surface area contributed by atoms with Crippen molar-refractivity contribution in [1.82, 2.24) is 4.98 Å². The van der Waals surface area contributed by atoms with Crippen molar-refractivity contribution in [2.75, 3.05) is 14.2 Å². The maximum absolute atomic E-state index is 11.4. The second-order valence-electron chi connectivity index (χ2n) is 3.07. The highest BCUT2D eigenvalue weighted by atomic mass is 16.5. The van der Waals surface area contributed by atoms with Crippen molar-refractivity contribution in [2.24, 2.45) is 0 Å². The van der Waals surface area contributed by atoms with E-state index in [0.717, 1.165) is 16.7 Å². The maximum Gasteiger partial charge on any atom is 0.340 e. The van der Waals surface area contributed by atoms with Crippen molar-refractivity contribution >= 4 is 16.9 Å². The summed E-state index contributed by atoms with van der Waals surface area (Å²) in [5.74, 6) is 0.379. The Morgan fingerprint density at radius 2 is 2.07 bits per heavy atom. The average Bonchev–Trinajstić information content (AvgIpc) is 2.75. The largest absolute Gasteiger partial charge is 0.496 e. The third kappa shape index (κ3) is 1.44. The summed E-state index contributed by atoms with van der Waals surface area (Å²) in [4.78, 5) is 14.4. The van der Waals surface area contributed by atoms with Crippen molar-refractivity contribution in [3.63, 3.8) is 0 Å². The van der Waals surface area contributed by atoms with Gasteiger partial charge in [0.15, 0.2) is 0 Å². The van der Waals surface area contributed by atoms with E-state index in [2.05, 4.69) is 9.72 Å². The number of benzene rings is 1. The molecule has 0 aliphatic heterocycles. The van der Waals surface area contributed by atoms with Gasteiger partial charge in [0.2, 0.25) is 0 Å². The highest BCUT2D eigenvalue weighted by Gasteiger charge is 2.13. The molecule has 0 aliphatic rings. The highest BCUT2D eigenvalue weighted by molar-refractivity contribution is 6.04. The first-order valence-corrected chi connectivity index (χ1v) is 4.50. The molecule has 0 amide bonds. The van der Waals surface area contributed by atoms with Gasteiger partial charge in [-0.15, -0.1) is 0 Å². The smallest absolute Gasteiger partial charge is 0.340 e. The molecule has 0 saturated carbocycles. The minimum Gasteiger partial charge on any atom is -0.496 e. The Hall–Kier alpha value is -1.97. The number of carbonyl (C=O) groups is 1. The zero-order valence-corrected chi connectivity index (χ0v) is 8.53. The number of nitrogens with one attached hydrogen (secondary N) is 1. The predicted octanol–water partition coefficient (Wildman–Crippen LogP) is 1.96. The molecule has 0 atom stereocenters. The summed E-state index contributed by atoms with van der Waals surface area (Å²) >= 11 is 0. The molecule has 0 fully saturated rings. The van der Waals surface area contributed by atoms with Crippen molar-refractivity contribution in [3.8, 4) is 5.75 Å². The third-order valence-electron chi connectivity index (χ3n) is 2.31. The normalized spacial score (nSPS) is 10.3. The molecule has 78 valence electrons. The van der Waals surface area contributed by atoms with Crippen molar-refractivity contribution < 1.29 is 14.3 Å². The molecule has 0 saturated heterocycles. The van der Waals surface area contributed by atoms with Gasteiger partial charge in [-0.2, -0.15) is 0 Å². The molecular weight excluding hydrogens is 194 g/mol. The van der Waals surface area contributed by atoms with Crippen LogP contribution in [0.1, 0.15) is 10.4 Å². The van der Waals surface area contributed by atoms with E-state index in [-0.39, 0.29) is 5.97 Å². The summed E-state index contributed by atoms with van der Waals surface area (Å²) in [6.45, 7) is 0. The van der Waals surface area contributed by atoms with Crippen molar-refractivity contribution in [3.05, 3.63) is 30.0 Å². The van der Waals surface area contributed by atoms with E-state index in [1.165, 1.54) is 7.11 Å². The topological polar surface area (TPSA) is 51.3 Å². The zero-order valence-electron chi connectivity index (χ0n) is 8.53. The Morgan fingerprint density at radius 1 is 1.27 bits per heavy atom. The fourth-order valence-electron chi connectivity index (χ4n) is 1.59. The molecule has 1 N–H and O–H groups in total.